The topological polar surface area (TPSA) is 138 Å². The van der Waals surface area contributed by atoms with E-state index in [1.54, 1.807) is 22.9 Å². The molecule has 5 aromatic rings. The number of carboxylic acid groups (broad SMARTS) is 1. The Morgan fingerprint density at radius 3 is 2.70 bits per heavy atom. The highest BCUT2D eigenvalue weighted by atomic mass is 32.1. The van der Waals surface area contributed by atoms with Crippen molar-refractivity contribution in [2.45, 2.75) is 19.5 Å². The molecule has 5 rings (SSSR count). The van der Waals surface area contributed by atoms with Gasteiger partial charge in [0.25, 0.3) is 5.56 Å². The van der Waals surface area contributed by atoms with E-state index in [9.17, 15) is 22.4 Å². The molecule has 0 aliphatic rings. The number of nitrogens with one attached hydrogen (secondary N) is 2. The van der Waals surface area contributed by atoms with Gasteiger partial charge in [0.15, 0.2) is 16.4 Å². The zero-order chi connectivity index (χ0) is 26.7. The Morgan fingerprint density at radius 1 is 1.24 bits per heavy atom. The van der Waals surface area contributed by atoms with Gasteiger partial charge >= 0.3 is 12.1 Å². The third-order valence-electron chi connectivity index (χ3n) is 5.05. The maximum atomic E-state index is 13.9. The molecule has 15 heteroatoms. The summed E-state index contributed by atoms with van der Waals surface area (Å²) < 4.78 is 47.2. The molecule has 0 bridgehead atoms. The number of rotatable bonds is 5. The van der Waals surface area contributed by atoms with Crippen LogP contribution in [0.4, 0.5) is 23.4 Å². The maximum absolute atomic E-state index is 13.9. The average molecular weight is 535 g/mol. The lowest BCUT2D eigenvalue weighted by Crippen LogP contribution is -2.21. The largest absolute Gasteiger partial charge is 0.490 e. The Hall–Kier alpha value is -4.40. The number of hydrogen-bond donors (Lipinski definition) is 3. The lowest BCUT2D eigenvalue weighted by atomic mass is 10.0. The maximum Gasteiger partial charge on any atom is 0.490 e. The average Bonchev–Trinajstić information content (AvgIpc) is 3.46. The quantitative estimate of drug-likeness (QED) is 0.289. The zero-order valence-electron chi connectivity index (χ0n) is 18.9. The summed E-state index contributed by atoms with van der Waals surface area (Å²) in [5.74, 6) is -2.53. The van der Waals surface area contributed by atoms with Gasteiger partial charge in [-0.3, -0.25) is 9.20 Å². The molecule has 3 N–H and O–H groups in total. The number of fused-ring (bicyclic) bond motifs is 2. The molecule has 192 valence electrons. The Bertz CT molecular complexity index is 1650. The summed E-state index contributed by atoms with van der Waals surface area (Å²) in [5.41, 5.74) is 3.41. The van der Waals surface area contributed by atoms with Crippen LogP contribution in [0.25, 0.3) is 27.3 Å². The number of halogens is 4. The van der Waals surface area contributed by atoms with Gasteiger partial charge < -0.3 is 15.4 Å². The molecule has 0 radical (unpaired) electrons. The minimum Gasteiger partial charge on any atom is -0.475 e. The number of benzene rings is 1. The molecule has 37 heavy (non-hydrogen) atoms. The number of carboxylic acids is 1. The van der Waals surface area contributed by atoms with E-state index in [0.29, 0.717) is 51.7 Å². The minimum atomic E-state index is -5.08. The first kappa shape index (κ1) is 25.7. The van der Waals surface area contributed by atoms with Gasteiger partial charge in [-0.15, -0.1) is 11.3 Å². The van der Waals surface area contributed by atoms with Crippen molar-refractivity contribution in [3.8, 4) is 11.1 Å². The van der Waals surface area contributed by atoms with Crippen LogP contribution in [-0.2, 0) is 11.2 Å². The van der Waals surface area contributed by atoms with Crippen molar-refractivity contribution < 1.29 is 27.5 Å². The van der Waals surface area contributed by atoms with Crippen LogP contribution in [0.2, 0.25) is 0 Å². The van der Waals surface area contributed by atoms with Crippen LogP contribution in [0.1, 0.15) is 11.4 Å². The molecule has 0 aliphatic carbocycles. The molecule has 10 nitrogen and oxygen atoms in total. The van der Waals surface area contributed by atoms with Crippen LogP contribution in [0.15, 0.2) is 47.1 Å². The van der Waals surface area contributed by atoms with Crippen molar-refractivity contribution in [1.82, 2.24) is 29.3 Å². The lowest BCUT2D eigenvalue weighted by Gasteiger charge is -2.11. The van der Waals surface area contributed by atoms with E-state index in [1.807, 2.05) is 12.3 Å². The van der Waals surface area contributed by atoms with Crippen LogP contribution in [0.3, 0.4) is 0 Å². The summed E-state index contributed by atoms with van der Waals surface area (Å²) in [6.45, 7) is 2.33. The van der Waals surface area contributed by atoms with Gasteiger partial charge in [-0.05, 0) is 24.6 Å². The number of thiazole rings is 1. The summed E-state index contributed by atoms with van der Waals surface area (Å²) in [7, 11) is 0. The molecule has 0 saturated carbocycles. The van der Waals surface area contributed by atoms with Gasteiger partial charge in [0.2, 0.25) is 0 Å². The summed E-state index contributed by atoms with van der Waals surface area (Å²) in [6.07, 6.45) is -1.63. The van der Waals surface area contributed by atoms with E-state index in [1.165, 1.54) is 29.8 Å². The number of H-pyrrole nitrogens is 1. The standard InChI is InChI=1S/C20H16FN7OS.C2HF3O2/c1-11-8-30-20-27-14(5-6-22-17-16-18(24-9-23-16)26-10-25-17)15(19(29)28(11)20)12-3-2-4-13(21)7-12;3-2(4,5)1(6)7/h2-4,7-10H,5-6H2,1H3,(H2,22,23,24,25,26);(H,6,7). The monoisotopic (exact) mass is 535 g/mol. The van der Waals surface area contributed by atoms with E-state index >= 15 is 0 Å². The number of aliphatic carboxylic acids is 1. The normalized spacial score (nSPS) is 11.4. The molecule has 0 atom stereocenters. The molecule has 0 fully saturated rings. The third kappa shape index (κ3) is 5.55. The number of alkyl halides is 3. The van der Waals surface area contributed by atoms with Crippen LogP contribution in [0, 0.1) is 12.7 Å². The highest BCUT2D eigenvalue weighted by Crippen LogP contribution is 2.24. The molecule has 4 heterocycles. The van der Waals surface area contributed by atoms with Crippen molar-refractivity contribution in [2.24, 2.45) is 0 Å². The molecular formula is C22H17F4N7O3S. The third-order valence-corrected chi connectivity index (χ3v) is 5.99. The van der Waals surface area contributed by atoms with Gasteiger partial charge in [-0.25, -0.2) is 29.1 Å². The smallest absolute Gasteiger partial charge is 0.475 e. The second-order valence-electron chi connectivity index (χ2n) is 7.55. The van der Waals surface area contributed by atoms with Crippen LogP contribution in [-0.4, -0.2) is 53.1 Å². The molecule has 0 aliphatic heterocycles. The molecule has 0 spiro atoms. The molecule has 0 unspecified atom stereocenters. The summed E-state index contributed by atoms with van der Waals surface area (Å²) in [5, 5.41) is 12.3. The number of aromatic amines is 1. The molecular weight excluding hydrogens is 518 g/mol. The number of aromatic nitrogens is 6. The van der Waals surface area contributed by atoms with Crippen LogP contribution >= 0.6 is 11.3 Å². The first-order valence-corrected chi connectivity index (χ1v) is 11.4. The van der Waals surface area contributed by atoms with E-state index < -0.39 is 18.0 Å². The van der Waals surface area contributed by atoms with Gasteiger partial charge in [-0.2, -0.15) is 13.2 Å². The first-order chi connectivity index (χ1) is 17.6. The molecule has 4 aromatic heterocycles. The highest BCUT2D eigenvalue weighted by molar-refractivity contribution is 7.15. The van der Waals surface area contributed by atoms with Crippen molar-refractivity contribution in [3.05, 3.63) is 69.9 Å². The highest BCUT2D eigenvalue weighted by Gasteiger charge is 2.38. The fourth-order valence-electron chi connectivity index (χ4n) is 3.44. The Morgan fingerprint density at radius 2 is 2.00 bits per heavy atom. The van der Waals surface area contributed by atoms with E-state index in [0.717, 1.165) is 5.69 Å². The minimum absolute atomic E-state index is 0.197. The fourth-order valence-corrected chi connectivity index (χ4v) is 4.31. The van der Waals surface area contributed by atoms with Gasteiger partial charge in [-0.1, -0.05) is 12.1 Å². The zero-order valence-corrected chi connectivity index (χ0v) is 19.7. The van der Waals surface area contributed by atoms with E-state index in [4.69, 9.17) is 14.9 Å². The molecule has 0 amide bonds. The van der Waals surface area contributed by atoms with Crippen LogP contribution < -0.4 is 10.9 Å². The van der Waals surface area contributed by atoms with Crippen molar-refractivity contribution in [2.75, 3.05) is 11.9 Å². The predicted octanol–water partition coefficient (Wildman–Crippen LogP) is 3.82. The summed E-state index contributed by atoms with van der Waals surface area (Å²) in [4.78, 5) is 43.0. The number of anilines is 1. The SMILES string of the molecule is Cc1csc2nc(CCNc3ncnc4nc[nH]c34)c(-c3cccc(F)c3)c(=O)n12.O=C(O)C(F)(F)F. The number of aryl methyl sites for hydroxylation is 1. The van der Waals surface area contributed by atoms with E-state index in [2.05, 4.69) is 25.3 Å². The lowest BCUT2D eigenvalue weighted by molar-refractivity contribution is -0.192. The Kier molecular flexibility index (Phi) is 7.15. The second-order valence-corrected chi connectivity index (χ2v) is 8.38. The first-order valence-electron chi connectivity index (χ1n) is 10.5. The van der Waals surface area contributed by atoms with Gasteiger partial charge in [0.05, 0.1) is 17.6 Å². The molecule has 1 aromatic carbocycles. The summed E-state index contributed by atoms with van der Waals surface area (Å²) >= 11 is 1.41. The van der Waals surface area contributed by atoms with Crippen molar-refractivity contribution >= 4 is 39.2 Å². The summed E-state index contributed by atoms with van der Waals surface area (Å²) in [6, 6.07) is 6.04. The fraction of sp³-hybridized carbons (Fsp3) is 0.182. The molecule has 0 saturated heterocycles. The second kappa shape index (κ2) is 10.3. The number of nitrogens with zero attached hydrogens (tertiary/aromatic N) is 5. The van der Waals surface area contributed by atoms with Crippen molar-refractivity contribution in [1.29, 1.82) is 0 Å². The van der Waals surface area contributed by atoms with Crippen LogP contribution in [0.5, 0.6) is 0 Å². The number of carbonyl (C=O) groups is 1. The number of imidazole rings is 1. The Balaban J connectivity index is 0.000000405. The number of hydrogen-bond acceptors (Lipinski definition) is 8. The van der Waals surface area contributed by atoms with Gasteiger partial charge in [0.1, 0.15) is 17.7 Å². The Labute approximate surface area is 208 Å². The van der Waals surface area contributed by atoms with Crippen molar-refractivity contribution in [3.63, 3.8) is 0 Å². The van der Waals surface area contributed by atoms with E-state index in [-0.39, 0.29) is 5.56 Å². The van der Waals surface area contributed by atoms with Gasteiger partial charge in [0, 0.05) is 24.0 Å². The predicted molar refractivity (Wildman–Crippen MR) is 127 cm³/mol.